The van der Waals surface area contributed by atoms with Crippen LogP contribution in [0.3, 0.4) is 0 Å². The number of ether oxygens (including phenoxy) is 1. The number of benzene rings is 1. The summed E-state index contributed by atoms with van der Waals surface area (Å²) in [6.45, 7) is 2.51. The van der Waals surface area contributed by atoms with Crippen molar-refractivity contribution in [2.24, 2.45) is 0 Å². The van der Waals surface area contributed by atoms with Crippen molar-refractivity contribution in [1.29, 1.82) is 0 Å². The number of H-pyrrole nitrogens is 1. The quantitative estimate of drug-likeness (QED) is 0.434. The van der Waals surface area contributed by atoms with Crippen LogP contribution in [-0.2, 0) is 12.7 Å². The lowest BCUT2D eigenvalue weighted by atomic mass is 9.98. The Morgan fingerprint density at radius 2 is 1.73 bits per heavy atom. The molecule has 0 aliphatic rings. The standard InChI is InChI=1S/C23H22F3N5O2/c1-22(2,32)13-31-20(23(24,25)26)16(12-30-31)19-18(21-27-9-6-10-28-21)15(11-29-19)14-7-4-5-8-17(14)33-3/h4-12,29,32H,13H2,1-3H3. The van der Waals surface area contributed by atoms with E-state index in [0.29, 0.717) is 22.4 Å². The molecule has 0 amide bonds. The molecule has 0 atom stereocenters. The predicted octanol–water partition coefficient (Wildman–Crippen LogP) is 4.80. The number of nitrogens with zero attached hydrogens (tertiary/aromatic N) is 4. The van der Waals surface area contributed by atoms with Gasteiger partial charge >= 0.3 is 6.18 Å². The van der Waals surface area contributed by atoms with Gasteiger partial charge in [0.25, 0.3) is 0 Å². The number of nitrogens with one attached hydrogen (secondary N) is 1. The molecule has 1 aromatic carbocycles. The van der Waals surface area contributed by atoms with Crippen molar-refractivity contribution in [1.82, 2.24) is 24.7 Å². The van der Waals surface area contributed by atoms with Gasteiger partial charge in [-0.3, -0.25) is 4.68 Å². The third-order valence-electron chi connectivity index (χ3n) is 4.98. The third kappa shape index (κ3) is 4.47. The number of aromatic amines is 1. The van der Waals surface area contributed by atoms with Gasteiger partial charge in [0.1, 0.15) is 5.75 Å². The number of para-hydroxylation sites is 1. The fourth-order valence-corrected chi connectivity index (χ4v) is 3.73. The summed E-state index contributed by atoms with van der Waals surface area (Å²) in [6, 6.07) is 8.81. The van der Waals surface area contributed by atoms with Crippen molar-refractivity contribution in [3.63, 3.8) is 0 Å². The summed E-state index contributed by atoms with van der Waals surface area (Å²) in [4.78, 5) is 11.5. The summed E-state index contributed by atoms with van der Waals surface area (Å²) in [6.07, 6.45) is 1.06. The monoisotopic (exact) mass is 457 g/mol. The maximum absolute atomic E-state index is 14.2. The number of methoxy groups -OCH3 is 1. The Morgan fingerprint density at radius 1 is 1.03 bits per heavy atom. The van der Waals surface area contributed by atoms with Crippen LogP contribution in [0.2, 0.25) is 0 Å². The van der Waals surface area contributed by atoms with Gasteiger partial charge in [0, 0.05) is 35.3 Å². The fourth-order valence-electron chi connectivity index (χ4n) is 3.73. The summed E-state index contributed by atoms with van der Waals surface area (Å²) in [5.41, 5.74) is -0.748. The number of halogens is 3. The average molecular weight is 457 g/mol. The van der Waals surface area contributed by atoms with Crippen molar-refractivity contribution in [2.75, 3.05) is 7.11 Å². The Morgan fingerprint density at radius 3 is 2.36 bits per heavy atom. The lowest BCUT2D eigenvalue weighted by Crippen LogP contribution is -2.29. The summed E-state index contributed by atoms with van der Waals surface area (Å²) in [5, 5.41) is 14.1. The first-order valence-corrected chi connectivity index (χ1v) is 10.1. The molecule has 0 spiro atoms. The van der Waals surface area contributed by atoms with Gasteiger partial charge in [-0.15, -0.1) is 0 Å². The fraction of sp³-hybridized carbons (Fsp3) is 0.261. The predicted molar refractivity (Wildman–Crippen MR) is 116 cm³/mol. The number of aromatic nitrogens is 5. The summed E-state index contributed by atoms with van der Waals surface area (Å²) in [5.74, 6) is 0.798. The smallest absolute Gasteiger partial charge is 0.433 e. The number of aliphatic hydroxyl groups is 1. The van der Waals surface area contributed by atoms with Crippen molar-refractivity contribution >= 4 is 0 Å². The molecule has 0 unspecified atom stereocenters. The molecule has 0 bridgehead atoms. The van der Waals surface area contributed by atoms with E-state index in [1.54, 1.807) is 30.5 Å². The van der Waals surface area contributed by atoms with Gasteiger partial charge in [-0.05, 0) is 26.0 Å². The molecule has 3 aromatic heterocycles. The van der Waals surface area contributed by atoms with E-state index in [4.69, 9.17) is 4.74 Å². The van der Waals surface area contributed by atoms with Gasteiger partial charge < -0.3 is 14.8 Å². The molecule has 172 valence electrons. The van der Waals surface area contributed by atoms with Crippen LogP contribution in [-0.4, -0.2) is 42.5 Å². The van der Waals surface area contributed by atoms with Crippen molar-refractivity contribution in [3.8, 4) is 39.5 Å². The lowest BCUT2D eigenvalue weighted by molar-refractivity contribution is -0.144. The first kappa shape index (κ1) is 22.5. The number of alkyl halides is 3. The molecular formula is C23H22F3N5O2. The zero-order chi connectivity index (χ0) is 23.8. The molecule has 2 N–H and O–H groups in total. The molecule has 0 saturated heterocycles. The summed E-state index contributed by atoms with van der Waals surface area (Å²) >= 11 is 0. The molecule has 4 rings (SSSR count). The normalized spacial score (nSPS) is 12.2. The molecule has 0 aliphatic heterocycles. The van der Waals surface area contributed by atoms with Gasteiger partial charge in [0.2, 0.25) is 0 Å². The van der Waals surface area contributed by atoms with E-state index in [1.165, 1.54) is 33.4 Å². The first-order chi connectivity index (χ1) is 15.6. The molecule has 0 fully saturated rings. The molecule has 0 radical (unpaired) electrons. The Labute approximate surface area is 187 Å². The highest BCUT2D eigenvalue weighted by Crippen LogP contribution is 2.45. The van der Waals surface area contributed by atoms with Crippen LogP contribution < -0.4 is 4.74 Å². The van der Waals surface area contributed by atoms with Crippen molar-refractivity contribution in [3.05, 3.63) is 60.8 Å². The highest BCUT2D eigenvalue weighted by Gasteiger charge is 2.40. The zero-order valence-electron chi connectivity index (χ0n) is 18.2. The largest absolute Gasteiger partial charge is 0.496 e. The van der Waals surface area contributed by atoms with E-state index in [2.05, 4.69) is 20.1 Å². The zero-order valence-corrected chi connectivity index (χ0v) is 18.2. The third-order valence-corrected chi connectivity index (χ3v) is 4.98. The maximum Gasteiger partial charge on any atom is 0.433 e. The van der Waals surface area contributed by atoms with E-state index in [9.17, 15) is 18.3 Å². The minimum absolute atomic E-state index is 0.163. The second kappa shape index (κ2) is 8.36. The van der Waals surface area contributed by atoms with E-state index in [0.717, 1.165) is 10.9 Å². The molecular weight excluding hydrogens is 435 g/mol. The second-order valence-electron chi connectivity index (χ2n) is 8.10. The van der Waals surface area contributed by atoms with Gasteiger partial charge in [0.15, 0.2) is 11.5 Å². The van der Waals surface area contributed by atoms with E-state index < -0.39 is 17.5 Å². The summed E-state index contributed by atoms with van der Waals surface area (Å²) in [7, 11) is 1.52. The number of rotatable bonds is 6. The molecule has 0 aliphatic carbocycles. The van der Waals surface area contributed by atoms with Crippen molar-refractivity contribution in [2.45, 2.75) is 32.2 Å². The molecule has 7 nitrogen and oxygen atoms in total. The van der Waals surface area contributed by atoms with Gasteiger partial charge in [0.05, 0.1) is 36.7 Å². The van der Waals surface area contributed by atoms with Gasteiger partial charge in [-0.2, -0.15) is 18.3 Å². The minimum Gasteiger partial charge on any atom is -0.496 e. The number of hydrogen-bond acceptors (Lipinski definition) is 5. The topological polar surface area (TPSA) is 88.8 Å². The van der Waals surface area contributed by atoms with Crippen molar-refractivity contribution < 1.29 is 23.0 Å². The van der Waals surface area contributed by atoms with Crippen LogP contribution in [0.25, 0.3) is 33.8 Å². The van der Waals surface area contributed by atoms with E-state index in [-0.39, 0.29) is 23.6 Å². The maximum atomic E-state index is 14.2. The Bertz CT molecular complexity index is 1260. The molecule has 33 heavy (non-hydrogen) atoms. The van der Waals surface area contributed by atoms with Crippen LogP contribution in [0, 0.1) is 0 Å². The Balaban J connectivity index is 2.00. The molecule has 4 aromatic rings. The Kier molecular flexibility index (Phi) is 5.71. The number of hydrogen-bond donors (Lipinski definition) is 2. The molecule has 0 saturated carbocycles. The molecule has 10 heteroatoms. The van der Waals surface area contributed by atoms with Crippen LogP contribution >= 0.6 is 0 Å². The van der Waals surface area contributed by atoms with Gasteiger partial charge in [-0.25, -0.2) is 9.97 Å². The SMILES string of the molecule is COc1ccccc1-c1c[nH]c(-c2cnn(CC(C)(C)O)c2C(F)(F)F)c1-c1ncccn1. The minimum atomic E-state index is -4.72. The van der Waals surface area contributed by atoms with Crippen LogP contribution in [0.1, 0.15) is 19.5 Å². The van der Waals surface area contributed by atoms with Crippen LogP contribution in [0.4, 0.5) is 13.2 Å². The van der Waals surface area contributed by atoms with E-state index in [1.807, 2.05) is 6.07 Å². The lowest BCUT2D eigenvalue weighted by Gasteiger charge is -2.20. The first-order valence-electron chi connectivity index (χ1n) is 10.1. The highest BCUT2D eigenvalue weighted by molar-refractivity contribution is 5.93. The molecule has 3 heterocycles. The van der Waals surface area contributed by atoms with Crippen LogP contribution in [0.5, 0.6) is 5.75 Å². The van der Waals surface area contributed by atoms with Crippen LogP contribution in [0.15, 0.2) is 55.1 Å². The summed E-state index contributed by atoms with van der Waals surface area (Å²) < 4.78 is 48.8. The second-order valence-corrected chi connectivity index (χ2v) is 8.10. The highest BCUT2D eigenvalue weighted by atomic mass is 19.4. The Hall–Kier alpha value is -3.66. The van der Waals surface area contributed by atoms with Gasteiger partial charge in [-0.1, -0.05) is 18.2 Å². The average Bonchev–Trinajstić information content (AvgIpc) is 3.37. The van der Waals surface area contributed by atoms with E-state index >= 15 is 0 Å².